The highest BCUT2D eigenvalue weighted by atomic mass is 35.5. The van der Waals surface area contributed by atoms with E-state index in [1.165, 1.54) is 5.57 Å². The standard InChI is InChI=1S/C25H30ClN3O3/c1-6-11-29-21-13-23(31-5)18(12-19(21)17(2)14-25(29,3)4)15-27-28-24(30)16-32-22-10-8-7-9-20(22)26/h7-10,12-15H,6,11,16H2,1-5H3,(H,28,30)/b27-15+. The summed E-state index contributed by atoms with van der Waals surface area (Å²) in [4.78, 5) is 14.5. The molecule has 170 valence electrons. The van der Waals surface area contributed by atoms with Crippen LogP contribution in [-0.4, -0.2) is 37.9 Å². The summed E-state index contributed by atoms with van der Waals surface area (Å²) < 4.78 is 11.1. The minimum absolute atomic E-state index is 0.0800. The van der Waals surface area contributed by atoms with Gasteiger partial charge in [-0.05, 0) is 51.0 Å². The average molecular weight is 456 g/mol. The Labute approximate surface area is 194 Å². The maximum atomic E-state index is 12.1. The number of amides is 1. The van der Waals surface area contributed by atoms with Gasteiger partial charge in [-0.3, -0.25) is 4.79 Å². The first-order chi connectivity index (χ1) is 15.3. The Balaban J connectivity index is 1.76. The molecule has 0 fully saturated rings. The molecule has 2 aromatic rings. The number of nitrogens with zero attached hydrogens (tertiary/aromatic N) is 2. The molecule has 0 bridgehead atoms. The second-order valence-corrected chi connectivity index (χ2v) is 8.66. The van der Waals surface area contributed by atoms with Crippen molar-refractivity contribution in [2.24, 2.45) is 5.10 Å². The molecule has 0 saturated heterocycles. The Kier molecular flexibility index (Phi) is 7.46. The molecule has 7 heteroatoms. The van der Waals surface area contributed by atoms with Crippen LogP contribution < -0.4 is 19.8 Å². The average Bonchev–Trinajstić information content (AvgIpc) is 2.75. The molecule has 32 heavy (non-hydrogen) atoms. The van der Waals surface area contributed by atoms with Crippen LogP contribution in [0.3, 0.4) is 0 Å². The third kappa shape index (κ3) is 5.25. The minimum Gasteiger partial charge on any atom is -0.496 e. The summed E-state index contributed by atoms with van der Waals surface area (Å²) in [6.45, 7) is 9.49. The molecular formula is C25H30ClN3O3. The van der Waals surface area contributed by atoms with Gasteiger partial charge in [-0.15, -0.1) is 0 Å². The smallest absolute Gasteiger partial charge is 0.277 e. The molecule has 0 saturated carbocycles. The van der Waals surface area contributed by atoms with Crippen LogP contribution >= 0.6 is 11.6 Å². The van der Waals surface area contributed by atoms with Crippen LogP contribution in [0.25, 0.3) is 5.57 Å². The molecule has 2 aromatic carbocycles. The number of benzene rings is 2. The van der Waals surface area contributed by atoms with Crippen molar-refractivity contribution in [3.8, 4) is 11.5 Å². The molecule has 0 aliphatic carbocycles. The minimum atomic E-state index is -0.384. The number of hydrazone groups is 1. The largest absolute Gasteiger partial charge is 0.496 e. The number of methoxy groups -OCH3 is 1. The van der Waals surface area contributed by atoms with Gasteiger partial charge in [-0.25, -0.2) is 5.43 Å². The molecule has 1 N–H and O–H groups in total. The Hall–Kier alpha value is -2.99. The number of hydrogen-bond acceptors (Lipinski definition) is 5. The van der Waals surface area contributed by atoms with Crippen molar-refractivity contribution in [3.05, 3.63) is 58.6 Å². The summed E-state index contributed by atoms with van der Waals surface area (Å²) >= 11 is 6.03. The number of ether oxygens (including phenoxy) is 2. The van der Waals surface area contributed by atoms with Crippen molar-refractivity contribution in [1.29, 1.82) is 0 Å². The van der Waals surface area contributed by atoms with E-state index < -0.39 is 0 Å². The molecule has 0 unspecified atom stereocenters. The van der Waals surface area contributed by atoms with Crippen LogP contribution in [0.5, 0.6) is 11.5 Å². The molecule has 0 aromatic heterocycles. The van der Waals surface area contributed by atoms with Gasteiger partial charge in [-0.2, -0.15) is 5.10 Å². The third-order valence-electron chi connectivity index (χ3n) is 5.36. The highest BCUT2D eigenvalue weighted by Gasteiger charge is 2.31. The first-order valence-corrected chi connectivity index (χ1v) is 11.0. The molecule has 1 amide bonds. The zero-order valence-corrected chi connectivity index (χ0v) is 20.0. The topological polar surface area (TPSA) is 63.2 Å². The van der Waals surface area contributed by atoms with Crippen LogP contribution in [0.1, 0.15) is 45.2 Å². The molecule has 0 spiro atoms. The van der Waals surface area contributed by atoms with Gasteiger partial charge >= 0.3 is 0 Å². The lowest BCUT2D eigenvalue weighted by Gasteiger charge is -2.43. The summed E-state index contributed by atoms with van der Waals surface area (Å²) in [5.74, 6) is 0.761. The van der Waals surface area contributed by atoms with Gasteiger partial charge in [0.05, 0.1) is 23.9 Å². The van der Waals surface area contributed by atoms with Gasteiger partial charge in [0.15, 0.2) is 6.61 Å². The molecule has 0 atom stereocenters. The van der Waals surface area contributed by atoms with Crippen molar-refractivity contribution in [1.82, 2.24) is 5.43 Å². The summed E-state index contributed by atoms with van der Waals surface area (Å²) in [7, 11) is 1.63. The maximum Gasteiger partial charge on any atom is 0.277 e. The SMILES string of the molecule is CCCN1c2cc(OC)c(/C=N/NC(=O)COc3ccccc3Cl)cc2C(C)=CC1(C)C. The number of fused-ring (bicyclic) bond motifs is 1. The van der Waals surface area contributed by atoms with Crippen LogP contribution in [-0.2, 0) is 4.79 Å². The first kappa shape index (κ1) is 23.7. The Morgan fingerprint density at radius 1 is 1.25 bits per heavy atom. The number of carbonyl (C=O) groups is 1. The zero-order chi connectivity index (χ0) is 23.3. The van der Waals surface area contributed by atoms with Crippen molar-refractivity contribution in [2.45, 2.75) is 39.7 Å². The molecule has 1 aliphatic rings. The normalized spacial score (nSPS) is 14.7. The fourth-order valence-corrected chi connectivity index (χ4v) is 4.13. The van der Waals surface area contributed by atoms with Gasteiger partial charge in [0.1, 0.15) is 11.5 Å². The number of halogens is 1. The molecule has 1 aliphatic heterocycles. The van der Waals surface area contributed by atoms with Crippen LogP contribution in [0.2, 0.25) is 5.02 Å². The number of para-hydroxylation sites is 1. The van der Waals surface area contributed by atoms with E-state index in [0.717, 1.165) is 29.8 Å². The number of carbonyl (C=O) groups excluding carboxylic acids is 1. The second kappa shape index (κ2) is 10.1. The summed E-state index contributed by atoms with van der Waals surface area (Å²) in [6.07, 6.45) is 4.92. The number of allylic oxidation sites excluding steroid dienone is 1. The van der Waals surface area contributed by atoms with Gasteiger partial charge in [0.25, 0.3) is 5.91 Å². The lowest BCUT2D eigenvalue weighted by Crippen LogP contribution is -2.45. The van der Waals surface area contributed by atoms with Gasteiger partial charge in [-0.1, -0.05) is 36.7 Å². The van der Waals surface area contributed by atoms with E-state index in [-0.39, 0.29) is 18.1 Å². The third-order valence-corrected chi connectivity index (χ3v) is 5.68. The Morgan fingerprint density at radius 3 is 2.69 bits per heavy atom. The lowest BCUT2D eigenvalue weighted by atomic mass is 9.87. The monoisotopic (exact) mass is 455 g/mol. The molecule has 6 nitrogen and oxygen atoms in total. The fraction of sp³-hybridized carbons (Fsp3) is 0.360. The molecule has 0 radical (unpaired) electrons. The van der Waals surface area contributed by atoms with E-state index >= 15 is 0 Å². The van der Waals surface area contributed by atoms with Gasteiger partial charge in [0, 0.05) is 29.4 Å². The van der Waals surface area contributed by atoms with Crippen LogP contribution in [0.4, 0.5) is 5.69 Å². The number of anilines is 1. The second-order valence-electron chi connectivity index (χ2n) is 8.26. The van der Waals surface area contributed by atoms with E-state index in [1.807, 2.05) is 12.1 Å². The lowest BCUT2D eigenvalue weighted by molar-refractivity contribution is -0.123. The molecule has 3 rings (SSSR count). The van der Waals surface area contributed by atoms with Crippen molar-refractivity contribution < 1.29 is 14.3 Å². The van der Waals surface area contributed by atoms with Crippen LogP contribution in [0, 0.1) is 0 Å². The summed E-state index contributed by atoms with van der Waals surface area (Å²) in [5.41, 5.74) is 6.66. The van der Waals surface area contributed by atoms with Crippen LogP contribution in [0.15, 0.2) is 47.6 Å². The molecular weight excluding hydrogens is 426 g/mol. The van der Waals surface area contributed by atoms with E-state index in [1.54, 1.807) is 37.6 Å². The predicted molar refractivity (Wildman–Crippen MR) is 131 cm³/mol. The van der Waals surface area contributed by atoms with E-state index in [9.17, 15) is 4.79 Å². The van der Waals surface area contributed by atoms with E-state index in [2.05, 4.69) is 49.2 Å². The van der Waals surface area contributed by atoms with Crippen molar-refractivity contribution >= 4 is 35.0 Å². The van der Waals surface area contributed by atoms with Crippen molar-refractivity contribution in [3.63, 3.8) is 0 Å². The first-order valence-electron chi connectivity index (χ1n) is 10.7. The highest BCUT2D eigenvalue weighted by molar-refractivity contribution is 6.32. The van der Waals surface area contributed by atoms with E-state index in [4.69, 9.17) is 21.1 Å². The zero-order valence-electron chi connectivity index (χ0n) is 19.2. The van der Waals surface area contributed by atoms with Gasteiger partial charge < -0.3 is 14.4 Å². The van der Waals surface area contributed by atoms with Gasteiger partial charge in [0.2, 0.25) is 0 Å². The number of rotatable bonds is 8. The predicted octanol–water partition coefficient (Wildman–Crippen LogP) is 5.29. The Morgan fingerprint density at radius 2 is 2.00 bits per heavy atom. The molecule has 1 heterocycles. The summed E-state index contributed by atoms with van der Waals surface area (Å²) in [6, 6.07) is 11.1. The number of hydrogen-bond donors (Lipinski definition) is 1. The Bertz CT molecular complexity index is 1050. The van der Waals surface area contributed by atoms with E-state index in [0.29, 0.717) is 16.5 Å². The quantitative estimate of drug-likeness (QED) is 0.434. The summed E-state index contributed by atoms with van der Waals surface area (Å²) in [5, 5.41) is 4.54. The maximum absolute atomic E-state index is 12.1. The number of nitrogens with one attached hydrogen (secondary N) is 1. The highest BCUT2D eigenvalue weighted by Crippen LogP contribution is 2.41. The van der Waals surface area contributed by atoms with Crippen molar-refractivity contribution in [2.75, 3.05) is 25.2 Å². The fourth-order valence-electron chi connectivity index (χ4n) is 3.94.